The summed E-state index contributed by atoms with van der Waals surface area (Å²) in [6, 6.07) is 16.1. The van der Waals surface area contributed by atoms with Crippen LogP contribution in [0, 0.1) is 6.92 Å². The molecule has 3 N–H and O–H groups in total. The third kappa shape index (κ3) is 5.40. The Labute approximate surface area is 165 Å². The molecule has 0 aliphatic heterocycles. The molecule has 0 unspecified atom stereocenters. The predicted octanol–water partition coefficient (Wildman–Crippen LogP) is 3.54. The summed E-state index contributed by atoms with van der Waals surface area (Å²) in [6.07, 6.45) is 0. The van der Waals surface area contributed by atoms with Crippen molar-refractivity contribution in [1.82, 2.24) is 19.9 Å². The van der Waals surface area contributed by atoms with E-state index in [4.69, 9.17) is 10.5 Å². The second kappa shape index (κ2) is 9.14. The molecular formula is C21H26N6O. The van der Waals surface area contributed by atoms with Crippen molar-refractivity contribution in [3.8, 4) is 5.75 Å². The fourth-order valence-electron chi connectivity index (χ4n) is 2.86. The van der Waals surface area contributed by atoms with Gasteiger partial charge in [-0.25, -0.2) is 0 Å². The van der Waals surface area contributed by atoms with E-state index in [1.165, 1.54) is 5.56 Å². The van der Waals surface area contributed by atoms with Crippen molar-refractivity contribution in [3.63, 3.8) is 0 Å². The van der Waals surface area contributed by atoms with Gasteiger partial charge in [-0.05, 0) is 50.2 Å². The molecular weight excluding hydrogens is 352 g/mol. The van der Waals surface area contributed by atoms with E-state index in [9.17, 15) is 0 Å². The molecule has 7 nitrogen and oxygen atoms in total. The van der Waals surface area contributed by atoms with Gasteiger partial charge >= 0.3 is 0 Å². The number of aromatic nitrogens is 3. The lowest BCUT2D eigenvalue weighted by atomic mass is 10.2. The molecule has 1 aromatic heterocycles. The van der Waals surface area contributed by atoms with E-state index in [-0.39, 0.29) is 5.95 Å². The molecule has 0 radical (unpaired) electrons. The highest BCUT2D eigenvalue weighted by Gasteiger charge is 2.09. The molecule has 3 aromatic rings. The number of anilines is 3. The molecule has 146 valence electrons. The number of para-hydroxylation sites is 1. The number of nitrogens with two attached hydrogens (primary N) is 1. The van der Waals surface area contributed by atoms with Crippen molar-refractivity contribution >= 4 is 17.6 Å². The van der Waals surface area contributed by atoms with Crippen molar-refractivity contribution < 1.29 is 4.74 Å². The molecule has 3 rings (SSSR count). The van der Waals surface area contributed by atoms with Crippen LogP contribution in [0.5, 0.6) is 5.75 Å². The summed E-state index contributed by atoms with van der Waals surface area (Å²) in [7, 11) is 2.02. The van der Waals surface area contributed by atoms with Crippen molar-refractivity contribution in [2.75, 3.05) is 24.7 Å². The number of nitrogen functional groups attached to an aromatic ring is 1. The topological polar surface area (TPSA) is 89.2 Å². The van der Waals surface area contributed by atoms with E-state index in [0.717, 1.165) is 23.5 Å². The van der Waals surface area contributed by atoms with Gasteiger partial charge in [0.2, 0.25) is 11.9 Å². The summed E-state index contributed by atoms with van der Waals surface area (Å²) < 4.78 is 5.48. The minimum atomic E-state index is 0.204. The summed E-state index contributed by atoms with van der Waals surface area (Å²) in [5.41, 5.74) is 9.13. The fourth-order valence-corrected chi connectivity index (χ4v) is 2.86. The van der Waals surface area contributed by atoms with Gasteiger partial charge < -0.3 is 15.8 Å². The van der Waals surface area contributed by atoms with E-state index in [1.54, 1.807) is 0 Å². The van der Waals surface area contributed by atoms with Crippen molar-refractivity contribution in [3.05, 3.63) is 65.5 Å². The van der Waals surface area contributed by atoms with E-state index in [2.05, 4.69) is 37.3 Å². The van der Waals surface area contributed by atoms with Crippen LogP contribution in [0.2, 0.25) is 0 Å². The summed E-state index contributed by atoms with van der Waals surface area (Å²) in [5.74, 6) is 2.16. The molecule has 0 amide bonds. The minimum Gasteiger partial charge on any atom is -0.494 e. The first-order chi connectivity index (χ1) is 13.5. The van der Waals surface area contributed by atoms with Gasteiger partial charge in [-0.3, -0.25) is 4.90 Å². The summed E-state index contributed by atoms with van der Waals surface area (Å²) in [5, 5.41) is 3.22. The molecule has 0 bridgehead atoms. The number of nitrogens with one attached hydrogen (secondary N) is 1. The summed E-state index contributed by atoms with van der Waals surface area (Å²) >= 11 is 0. The Hall–Kier alpha value is -3.19. The first-order valence-electron chi connectivity index (χ1n) is 9.27. The van der Waals surface area contributed by atoms with Crippen LogP contribution in [0.1, 0.15) is 23.9 Å². The van der Waals surface area contributed by atoms with Gasteiger partial charge in [0.25, 0.3) is 0 Å². The van der Waals surface area contributed by atoms with Crippen molar-refractivity contribution in [1.29, 1.82) is 0 Å². The molecule has 0 saturated heterocycles. The molecule has 0 atom stereocenters. The standard InChI is InChI=1S/C21H26N6O/c1-4-28-17-11-9-16(10-12-17)13-27(3)14-19-24-20(22)26-21(25-19)23-18-8-6-5-7-15(18)2/h5-12H,4,13-14H2,1-3H3,(H3,22,23,24,25,26). The average molecular weight is 378 g/mol. The molecule has 0 aliphatic rings. The number of benzene rings is 2. The van der Waals surface area contributed by atoms with Crippen LogP contribution >= 0.6 is 0 Å². The zero-order valence-electron chi connectivity index (χ0n) is 16.5. The maximum absolute atomic E-state index is 5.89. The summed E-state index contributed by atoms with van der Waals surface area (Å²) in [4.78, 5) is 15.1. The maximum atomic E-state index is 5.89. The van der Waals surface area contributed by atoms with Gasteiger partial charge in [0, 0.05) is 12.2 Å². The smallest absolute Gasteiger partial charge is 0.232 e. The van der Waals surface area contributed by atoms with E-state index < -0.39 is 0 Å². The quantitative estimate of drug-likeness (QED) is 0.620. The van der Waals surface area contributed by atoms with Gasteiger partial charge in [-0.1, -0.05) is 30.3 Å². The molecule has 0 fully saturated rings. The highest BCUT2D eigenvalue weighted by molar-refractivity contribution is 5.58. The normalized spacial score (nSPS) is 10.9. The molecule has 2 aromatic carbocycles. The van der Waals surface area contributed by atoms with Gasteiger partial charge in [-0.15, -0.1) is 0 Å². The monoisotopic (exact) mass is 378 g/mol. The third-order valence-corrected chi connectivity index (χ3v) is 4.19. The molecule has 0 saturated carbocycles. The van der Waals surface area contributed by atoms with E-state index >= 15 is 0 Å². The van der Waals surface area contributed by atoms with Crippen LogP contribution in [-0.4, -0.2) is 33.5 Å². The largest absolute Gasteiger partial charge is 0.494 e. The minimum absolute atomic E-state index is 0.204. The summed E-state index contributed by atoms with van der Waals surface area (Å²) in [6.45, 7) is 5.99. The van der Waals surface area contributed by atoms with Gasteiger partial charge in [-0.2, -0.15) is 15.0 Å². The lowest BCUT2D eigenvalue weighted by Crippen LogP contribution is -2.20. The SMILES string of the molecule is CCOc1ccc(CN(C)Cc2nc(N)nc(Nc3ccccc3C)n2)cc1. The van der Waals surface area contributed by atoms with Crippen molar-refractivity contribution in [2.24, 2.45) is 0 Å². The Balaban J connectivity index is 1.66. The van der Waals surface area contributed by atoms with Crippen LogP contribution in [-0.2, 0) is 13.1 Å². The van der Waals surface area contributed by atoms with Gasteiger partial charge in [0.15, 0.2) is 0 Å². The molecule has 0 spiro atoms. The second-order valence-corrected chi connectivity index (χ2v) is 6.62. The maximum Gasteiger partial charge on any atom is 0.232 e. The number of aryl methyl sites for hydroxylation is 1. The second-order valence-electron chi connectivity index (χ2n) is 6.62. The number of nitrogens with zero attached hydrogens (tertiary/aromatic N) is 4. The molecule has 0 aliphatic carbocycles. The average Bonchev–Trinajstić information content (AvgIpc) is 2.65. The Bertz CT molecular complexity index is 913. The number of ether oxygens (including phenoxy) is 1. The molecule has 7 heteroatoms. The fraction of sp³-hybridized carbons (Fsp3) is 0.286. The van der Waals surface area contributed by atoms with Crippen molar-refractivity contribution in [2.45, 2.75) is 26.9 Å². The highest BCUT2D eigenvalue weighted by Crippen LogP contribution is 2.18. The van der Waals surface area contributed by atoms with Crippen LogP contribution in [0.15, 0.2) is 48.5 Å². The predicted molar refractivity (Wildman–Crippen MR) is 111 cm³/mol. The van der Waals surface area contributed by atoms with Crippen LogP contribution < -0.4 is 15.8 Å². The zero-order chi connectivity index (χ0) is 19.9. The lowest BCUT2D eigenvalue weighted by Gasteiger charge is -2.17. The molecule has 28 heavy (non-hydrogen) atoms. The van der Waals surface area contributed by atoms with Gasteiger partial charge in [0.1, 0.15) is 11.6 Å². The number of hydrogen-bond acceptors (Lipinski definition) is 7. The Kier molecular flexibility index (Phi) is 6.39. The number of hydrogen-bond donors (Lipinski definition) is 2. The Morgan fingerprint density at radius 3 is 2.46 bits per heavy atom. The van der Waals surface area contributed by atoms with Crippen LogP contribution in [0.3, 0.4) is 0 Å². The third-order valence-electron chi connectivity index (χ3n) is 4.19. The Morgan fingerprint density at radius 2 is 1.75 bits per heavy atom. The highest BCUT2D eigenvalue weighted by atomic mass is 16.5. The Morgan fingerprint density at radius 1 is 1.00 bits per heavy atom. The first kappa shape index (κ1) is 19.6. The first-order valence-corrected chi connectivity index (χ1v) is 9.27. The van der Waals surface area contributed by atoms with Crippen LogP contribution in [0.25, 0.3) is 0 Å². The van der Waals surface area contributed by atoms with E-state index in [1.807, 2.05) is 57.3 Å². The van der Waals surface area contributed by atoms with Gasteiger partial charge in [0.05, 0.1) is 13.2 Å². The van der Waals surface area contributed by atoms with Crippen LogP contribution in [0.4, 0.5) is 17.6 Å². The van der Waals surface area contributed by atoms with E-state index in [0.29, 0.717) is 24.9 Å². The number of rotatable bonds is 8. The lowest BCUT2D eigenvalue weighted by molar-refractivity contribution is 0.310. The molecule has 1 heterocycles. The zero-order valence-corrected chi connectivity index (χ0v) is 16.5.